The van der Waals surface area contributed by atoms with Gasteiger partial charge in [-0.1, -0.05) is 30.3 Å². The number of hydrogen-bond acceptors (Lipinski definition) is 3. The van der Waals surface area contributed by atoms with E-state index in [0.29, 0.717) is 18.8 Å². The molecule has 0 radical (unpaired) electrons. The highest BCUT2D eigenvalue weighted by Crippen LogP contribution is 2.21. The standard InChI is InChI=1S/C21H24N2O3/c1-26-19-11-9-18(10-12-19)22-21(25)17-14-20(24)23(15-17)13-5-8-16-6-3-2-4-7-16/h2-4,6-7,9-12,17H,5,8,13-15H2,1H3,(H,22,25). The van der Waals surface area contributed by atoms with E-state index in [1.807, 2.05) is 18.2 Å². The summed E-state index contributed by atoms with van der Waals surface area (Å²) in [6.07, 6.45) is 2.13. The highest BCUT2D eigenvalue weighted by atomic mass is 16.5. The first-order valence-corrected chi connectivity index (χ1v) is 8.92. The van der Waals surface area contributed by atoms with Crippen LogP contribution in [0.2, 0.25) is 0 Å². The zero-order valence-electron chi connectivity index (χ0n) is 15.0. The number of rotatable bonds is 7. The molecule has 1 unspecified atom stereocenters. The fourth-order valence-electron chi connectivity index (χ4n) is 3.20. The van der Waals surface area contributed by atoms with Crippen LogP contribution in [0.3, 0.4) is 0 Å². The molecule has 1 atom stereocenters. The second-order valence-corrected chi connectivity index (χ2v) is 6.55. The topological polar surface area (TPSA) is 58.6 Å². The lowest BCUT2D eigenvalue weighted by atomic mass is 10.1. The minimum atomic E-state index is -0.290. The van der Waals surface area contributed by atoms with Gasteiger partial charge in [-0.15, -0.1) is 0 Å². The second kappa shape index (κ2) is 8.52. The van der Waals surface area contributed by atoms with Crippen molar-refractivity contribution in [3.8, 4) is 5.75 Å². The SMILES string of the molecule is COc1ccc(NC(=O)C2CC(=O)N(CCCc3ccccc3)C2)cc1. The fourth-order valence-corrected chi connectivity index (χ4v) is 3.20. The number of carbonyl (C=O) groups excluding carboxylic acids is 2. The summed E-state index contributed by atoms with van der Waals surface area (Å²) in [5, 5.41) is 2.88. The molecular weight excluding hydrogens is 328 g/mol. The predicted molar refractivity (Wildman–Crippen MR) is 101 cm³/mol. The van der Waals surface area contributed by atoms with Crippen LogP contribution >= 0.6 is 0 Å². The Morgan fingerprint density at radius 1 is 1.15 bits per heavy atom. The van der Waals surface area contributed by atoms with Crippen molar-refractivity contribution < 1.29 is 14.3 Å². The summed E-state index contributed by atoms with van der Waals surface area (Å²) in [5.41, 5.74) is 1.98. The van der Waals surface area contributed by atoms with E-state index in [1.54, 1.807) is 36.3 Å². The number of nitrogens with one attached hydrogen (secondary N) is 1. The smallest absolute Gasteiger partial charge is 0.229 e. The number of ether oxygens (including phenoxy) is 1. The Labute approximate surface area is 154 Å². The van der Waals surface area contributed by atoms with Gasteiger partial charge in [0.1, 0.15) is 5.75 Å². The van der Waals surface area contributed by atoms with E-state index in [0.717, 1.165) is 18.6 Å². The average Bonchev–Trinajstić information content (AvgIpc) is 3.04. The lowest BCUT2D eigenvalue weighted by molar-refractivity contribution is -0.128. The largest absolute Gasteiger partial charge is 0.497 e. The van der Waals surface area contributed by atoms with E-state index in [-0.39, 0.29) is 24.2 Å². The number of nitrogens with zero attached hydrogens (tertiary/aromatic N) is 1. The first-order chi connectivity index (χ1) is 12.7. The molecule has 0 saturated carbocycles. The molecule has 3 rings (SSSR count). The van der Waals surface area contributed by atoms with Crippen LogP contribution in [0.1, 0.15) is 18.4 Å². The summed E-state index contributed by atoms with van der Waals surface area (Å²) in [5.74, 6) is 0.409. The maximum absolute atomic E-state index is 12.4. The van der Waals surface area contributed by atoms with E-state index in [2.05, 4.69) is 17.4 Å². The Kier molecular flexibility index (Phi) is 5.89. The monoisotopic (exact) mass is 352 g/mol. The third kappa shape index (κ3) is 4.63. The highest BCUT2D eigenvalue weighted by Gasteiger charge is 2.33. The van der Waals surface area contributed by atoms with Crippen molar-refractivity contribution in [2.45, 2.75) is 19.3 Å². The molecule has 0 aliphatic carbocycles. The number of anilines is 1. The second-order valence-electron chi connectivity index (χ2n) is 6.55. The Balaban J connectivity index is 1.47. The summed E-state index contributed by atoms with van der Waals surface area (Å²) in [6, 6.07) is 17.4. The van der Waals surface area contributed by atoms with Crippen LogP contribution in [0, 0.1) is 5.92 Å². The Bertz CT molecular complexity index is 744. The summed E-state index contributed by atoms with van der Waals surface area (Å²) < 4.78 is 5.11. The third-order valence-corrected chi connectivity index (χ3v) is 4.68. The number of aryl methyl sites for hydroxylation is 1. The van der Waals surface area contributed by atoms with Crippen molar-refractivity contribution >= 4 is 17.5 Å². The lowest BCUT2D eigenvalue weighted by Crippen LogP contribution is -2.29. The number of hydrogen-bond donors (Lipinski definition) is 1. The minimum Gasteiger partial charge on any atom is -0.497 e. The minimum absolute atomic E-state index is 0.0629. The van der Waals surface area contributed by atoms with E-state index < -0.39 is 0 Å². The van der Waals surface area contributed by atoms with Crippen molar-refractivity contribution in [3.05, 3.63) is 60.2 Å². The zero-order valence-corrected chi connectivity index (χ0v) is 15.0. The maximum Gasteiger partial charge on any atom is 0.229 e. The Morgan fingerprint density at radius 2 is 1.88 bits per heavy atom. The molecule has 2 amide bonds. The number of carbonyl (C=O) groups is 2. The molecule has 2 aromatic carbocycles. The molecule has 5 heteroatoms. The normalized spacial score (nSPS) is 16.6. The van der Waals surface area contributed by atoms with Crippen molar-refractivity contribution in [3.63, 3.8) is 0 Å². The Hall–Kier alpha value is -2.82. The molecule has 1 saturated heterocycles. The van der Waals surface area contributed by atoms with E-state index in [4.69, 9.17) is 4.74 Å². The van der Waals surface area contributed by atoms with Crippen LogP contribution in [0.15, 0.2) is 54.6 Å². The van der Waals surface area contributed by atoms with Crippen molar-refractivity contribution in [2.75, 3.05) is 25.5 Å². The summed E-state index contributed by atoms with van der Waals surface area (Å²) in [7, 11) is 1.60. The van der Waals surface area contributed by atoms with Crippen LogP contribution in [0.5, 0.6) is 5.75 Å². The van der Waals surface area contributed by atoms with Gasteiger partial charge in [0.2, 0.25) is 11.8 Å². The molecule has 1 aliphatic heterocycles. The molecule has 0 aromatic heterocycles. The van der Waals surface area contributed by atoms with Gasteiger partial charge in [-0.3, -0.25) is 9.59 Å². The van der Waals surface area contributed by atoms with Crippen molar-refractivity contribution in [1.29, 1.82) is 0 Å². The van der Waals surface area contributed by atoms with Gasteiger partial charge in [-0.25, -0.2) is 0 Å². The van der Waals surface area contributed by atoms with Gasteiger partial charge in [0.15, 0.2) is 0 Å². The summed E-state index contributed by atoms with van der Waals surface area (Å²) >= 11 is 0. The molecule has 2 aromatic rings. The lowest BCUT2D eigenvalue weighted by Gasteiger charge is -2.16. The third-order valence-electron chi connectivity index (χ3n) is 4.68. The number of amides is 2. The summed E-state index contributed by atoms with van der Waals surface area (Å²) in [4.78, 5) is 26.4. The van der Waals surface area contributed by atoms with Gasteiger partial charge in [-0.05, 0) is 42.7 Å². The highest BCUT2D eigenvalue weighted by molar-refractivity contribution is 5.97. The van der Waals surface area contributed by atoms with Crippen LogP contribution in [-0.4, -0.2) is 36.9 Å². The van der Waals surface area contributed by atoms with E-state index >= 15 is 0 Å². The predicted octanol–water partition coefficient (Wildman–Crippen LogP) is 3.12. The molecule has 1 N–H and O–H groups in total. The molecule has 5 nitrogen and oxygen atoms in total. The molecule has 26 heavy (non-hydrogen) atoms. The fraction of sp³-hybridized carbons (Fsp3) is 0.333. The molecule has 136 valence electrons. The molecule has 1 fully saturated rings. The maximum atomic E-state index is 12.4. The van der Waals surface area contributed by atoms with Crippen LogP contribution in [0.25, 0.3) is 0 Å². The number of likely N-dealkylation sites (tertiary alicyclic amines) is 1. The zero-order chi connectivity index (χ0) is 18.4. The molecular formula is C21H24N2O3. The quantitative estimate of drug-likeness (QED) is 0.833. The summed E-state index contributed by atoms with van der Waals surface area (Å²) in [6.45, 7) is 1.19. The van der Waals surface area contributed by atoms with Gasteiger partial charge in [0, 0.05) is 25.2 Å². The Morgan fingerprint density at radius 3 is 2.58 bits per heavy atom. The van der Waals surface area contributed by atoms with Gasteiger partial charge < -0.3 is 15.0 Å². The number of benzene rings is 2. The number of methoxy groups -OCH3 is 1. The molecule has 0 spiro atoms. The average molecular weight is 352 g/mol. The van der Waals surface area contributed by atoms with Gasteiger partial charge in [0.05, 0.1) is 13.0 Å². The molecule has 1 heterocycles. The van der Waals surface area contributed by atoms with Crippen LogP contribution in [-0.2, 0) is 16.0 Å². The van der Waals surface area contributed by atoms with Gasteiger partial charge in [0.25, 0.3) is 0 Å². The van der Waals surface area contributed by atoms with Crippen LogP contribution < -0.4 is 10.1 Å². The first-order valence-electron chi connectivity index (χ1n) is 8.92. The van der Waals surface area contributed by atoms with Crippen molar-refractivity contribution in [1.82, 2.24) is 4.90 Å². The van der Waals surface area contributed by atoms with Gasteiger partial charge in [-0.2, -0.15) is 0 Å². The molecule has 0 bridgehead atoms. The van der Waals surface area contributed by atoms with E-state index in [1.165, 1.54) is 5.56 Å². The van der Waals surface area contributed by atoms with Crippen LogP contribution in [0.4, 0.5) is 5.69 Å². The van der Waals surface area contributed by atoms with Gasteiger partial charge >= 0.3 is 0 Å². The first kappa shape index (κ1) is 18.0. The van der Waals surface area contributed by atoms with E-state index in [9.17, 15) is 9.59 Å². The van der Waals surface area contributed by atoms with Crippen molar-refractivity contribution in [2.24, 2.45) is 5.92 Å². The molecule has 1 aliphatic rings.